The standard InChI is InChI=1S/C15H20N2O4/c1-9-3-4-10(2)17(8-9)15(21)16-12-6-5-11(14(19)20)7-13(12)18/h5-7,9-10,18H,3-4,8H2,1-2H3,(H,16,21)(H,19,20). The molecule has 1 aromatic rings. The molecule has 2 unspecified atom stereocenters. The number of phenolic OH excluding ortho intramolecular Hbond substituents is 1. The number of anilines is 1. The molecule has 0 radical (unpaired) electrons. The molecule has 2 amide bonds. The van der Waals surface area contributed by atoms with Gasteiger partial charge in [-0.15, -0.1) is 0 Å². The Morgan fingerprint density at radius 2 is 2.00 bits per heavy atom. The van der Waals surface area contributed by atoms with E-state index in [-0.39, 0.29) is 29.1 Å². The third kappa shape index (κ3) is 3.45. The summed E-state index contributed by atoms with van der Waals surface area (Å²) in [6.45, 7) is 4.78. The third-order valence-electron chi connectivity index (χ3n) is 3.86. The average molecular weight is 292 g/mol. The van der Waals surface area contributed by atoms with E-state index in [1.165, 1.54) is 12.1 Å². The first kappa shape index (κ1) is 15.2. The molecule has 0 saturated carbocycles. The summed E-state index contributed by atoms with van der Waals surface area (Å²) in [4.78, 5) is 24.8. The van der Waals surface area contributed by atoms with E-state index in [1.54, 1.807) is 4.90 Å². The van der Waals surface area contributed by atoms with E-state index >= 15 is 0 Å². The lowest BCUT2D eigenvalue weighted by Crippen LogP contribution is -2.46. The maximum atomic E-state index is 12.3. The van der Waals surface area contributed by atoms with Crippen LogP contribution >= 0.6 is 0 Å². The number of carbonyl (C=O) groups is 2. The van der Waals surface area contributed by atoms with Crippen molar-refractivity contribution in [2.24, 2.45) is 5.92 Å². The Labute approximate surface area is 123 Å². The summed E-state index contributed by atoms with van der Waals surface area (Å²) >= 11 is 0. The van der Waals surface area contributed by atoms with Gasteiger partial charge in [-0.25, -0.2) is 9.59 Å². The van der Waals surface area contributed by atoms with Crippen LogP contribution in [0.1, 0.15) is 37.0 Å². The van der Waals surface area contributed by atoms with Gasteiger partial charge in [0.2, 0.25) is 0 Å². The zero-order valence-corrected chi connectivity index (χ0v) is 12.2. The monoisotopic (exact) mass is 292 g/mol. The molecular formula is C15H20N2O4. The predicted octanol–water partition coefficient (Wildman–Crippen LogP) is 2.74. The molecule has 1 saturated heterocycles. The Morgan fingerprint density at radius 1 is 1.29 bits per heavy atom. The van der Waals surface area contributed by atoms with Crippen molar-refractivity contribution in [3.63, 3.8) is 0 Å². The fraction of sp³-hybridized carbons (Fsp3) is 0.467. The summed E-state index contributed by atoms with van der Waals surface area (Å²) in [5.74, 6) is -0.919. The van der Waals surface area contributed by atoms with Gasteiger partial charge < -0.3 is 20.4 Å². The first-order valence-corrected chi connectivity index (χ1v) is 7.02. The first-order valence-electron chi connectivity index (χ1n) is 7.02. The molecule has 1 fully saturated rings. The van der Waals surface area contributed by atoms with E-state index in [0.29, 0.717) is 12.5 Å². The Hall–Kier alpha value is -2.24. The van der Waals surface area contributed by atoms with E-state index in [1.807, 2.05) is 6.92 Å². The van der Waals surface area contributed by atoms with Gasteiger partial charge >= 0.3 is 12.0 Å². The van der Waals surface area contributed by atoms with Gasteiger partial charge in [0.05, 0.1) is 11.3 Å². The number of aromatic hydroxyl groups is 1. The SMILES string of the molecule is CC1CCC(C)N(C(=O)Nc2ccc(C(=O)O)cc2O)C1. The van der Waals surface area contributed by atoms with Crippen molar-refractivity contribution in [1.29, 1.82) is 0 Å². The smallest absolute Gasteiger partial charge is 0.335 e. The molecule has 0 spiro atoms. The molecule has 1 aliphatic heterocycles. The fourth-order valence-corrected chi connectivity index (χ4v) is 2.53. The lowest BCUT2D eigenvalue weighted by molar-refractivity contribution is 0.0696. The molecule has 21 heavy (non-hydrogen) atoms. The van der Waals surface area contributed by atoms with Gasteiger partial charge in [0.25, 0.3) is 0 Å². The summed E-state index contributed by atoms with van der Waals surface area (Å²) in [5.41, 5.74) is 0.195. The van der Waals surface area contributed by atoms with Crippen molar-refractivity contribution in [1.82, 2.24) is 4.90 Å². The summed E-state index contributed by atoms with van der Waals surface area (Å²) in [5, 5.41) is 21.3. The molecule has 1 aromatic carbocycles. The number of amides is 2. The number of urea groups is 1. The second-order valence-electron chi connectivity index (χ2n) is 5.65. The number of carboxylic acids is 1. The highest BCUT2D eigenvalue weighted by Gasteiger charge is 2.27. The van der Waals surface area contributed by atoms with Gasteiger partial charge in [0.1, 0.15) is 5.75 Å². The zero-order valence-electron chi connectivity index (χ0n) is 12.2. The number of phenols is 1. The van der Waals surface area contributed by atoms with Crippen LogP contribution in [-0.4, -0.2) is 39.7 Å². The zero-order chi connectivity index (χ0) is 15.6. The number of hydrogen-bond donors (Lipinski definition) is 3. The van der Waals surface area contributed by atoms with Crippen molar-refractivity contribution in [3.05, 3.63) is 23.8 Å². The van der Waals surface area contributed by atoms with Gasteiger partial charge in [-0.1, -0.05) is 6.92 Å². The third-order valence-corrected chi connectivity index (χ3v) is 3.86. The number of likely N-dealkylation sites (tertiary alicyclic amines) is 1. The van der Waals surface area contributed by atoms with Crippen LogP contribution in [-0.2, 0) is 0 Å². The highest BCUT2D eigenvalue weighted by molar-refractivity contribution is 5.93. The van der Waals surface area contributed by atoms with Crippen LogP contribution in [0.2, 0.25) is 0 Å². The molecule has 2 atom stereocenters. The van der Waals surface area contributed by atoms with E-state index in [2.05, 4.69) is 12.2 Å². The van der Waals surface area contributed by atoms with Crippen molar-refractivity contribution in [2.45, 2.75) is 32.7 Å². The van der Waals surface area contributed by atoms with Crippen molar-refractivity contribution < 1.29 is 19.8 Å². The molecule has 6 nitrogen and oxygen atoms in total. The summed E-state index contributed by atoms with van der Waals surface area (Å²) in [6.07, 6.45) is 2.06. The van der Waals surface area contributed by atoms with Crippen LogP contribution in [0.3, 0.4) is 0 Å². The number of piperidine rings is 1. The van der Waals surface area contributed by atoms with Crippen molar-refractivity contribution in [3.8, 4) is 5.75 Å². The minimum absolute atomic E-state index is 0.0227. The summed E-state index contributed by atoms with van der Waals surface area (Å²) in [6, 6.07) is 3.75. The number of nitrogens with zero attached hydrogens (tertiary/aromatic N) is 1. The fourth-order valence-electron chi connectivity index (χ4n) is 2.53. The molecule has 1 aliphatic rings. The Balaban J connectivity index is 2.10. The molecule has 6 heteroatoms. The summed E-state index contributed by atoms with van der Waals surface area (Å²) in [7, 11) is 0. The van der Waals surface area contributed by atoms with Crippen LogP contribution < -0.4 is 5.32 Å². The van der Waals surface area contributed by atoms with Gasteiger partial charge in [-0.3, -0.25) is 0 Å². The second-order valence-corrected chi connectivity index (χ2v) is 5.65. The number of carboxylic acid groups (broad SMARTS) is 1. The quantitative estimate of drug-likeness (QED) is 0.731. The van der Waals surface area contributed by atoms with Crippen LogP contribution in [0.25, 0.3) is 0 Å². The number of carbonyl (C=O) groups excluding carboxylic acids is 1. The highest BCUT2D eigenvalue weighted by Crippen LogP contribution is 2.26. The normalized spacial score (nSPS) is 21.9. The van der Waals surface area contributed by atoms with Crippen molar-refractivity contribution >= 4 is 17.7 Å². The molecule has 114 valence electrons. The van der Waals surface area contributed by atoms with Crippen molar-refractivity contribution in [2.75, 3.05) is 11.9 Å². The number of nitrogens with one attached hydrogen (secondary N) is 1. The summed E-state index contributed by atoms with van der Waals surface area (Å²) < 4.78 is 0. The Bertz CT molecular complexity index is 559. The van der Waals surface area contributed by atoms with Crippen LogP contribution in [0, 0.1) is 5.92 Å². The number of hydrogen-bond acceptors (Lipinski definition) is 3. The van der Waals surface area contributed by atoms with E-state index in [0.717, 1.165) is 18.9 Å². The van der Waals surface area contributed by atoms with Gasteiger partial charge in [0, 0.05) is 12.6 Å². The lowest BCUT2D eigenvalue weighted by atomic mass is 9.95. The minimum Gasteiger partial charge on any atom is -0.506 e. The molecule has 0 aliphatic carbocycles. The molecular weight excluding hydrogens is 272 g/mol. The van der Waals surface area contributed by atoms with E-state index in [4.69, 9.17) is 5.11 Å². The number of benzene rings is 1. The maximum absolute atomic E-state index is 12.3. The van der Waals surface area contributed by atoms with Gasteiger partial charge in [0.15, 0.2) is 0 Å². The van der Waals surface area contributed by atoms with Gasteiger partial charge in [-0.05, 0) is 43.9 Å². The Morgan fingerprint density at radius 3 is 2.62 bits per heavy atom. The highest BCUT2D eigenvalue weighted by atomic mass is 16.4. The lowest BCUT2D eigenvalue weighted by Gasteiger charge is -2.36. The molecule has 1 heterocycles. The van der Waals surface area contributed by atoms with E-state index < -0.39 is 5.97 Å². The van der Waals surface area contributed by atoms with Crippen LogP contribution in [0.5, 0.6) is 5.75 Å². The van der Waals surface area contributed by atoms with Crippen LogP contribution in [0.15, 0.2) is 18.2 Å². The predicted molar refractivity (Wildman–Crippen MR) is 78.7 cm³/mol. The average Bonchev–Trinajstić information content (AvgIpc) is 2.43. The largest absolute Gasteiger partial charge is 0.506 e. The minimum atomic E-state index is -1.12. The molecule has 0 aromatic heterocycles. The first-order chi connectivity index (χ1) is 9.88. The maximum Gasteiger partial charge on any atom is 0.335 e. The van der Waals surface area contributed by atoms with E-state index in [9.17, 15) is 14.7 Å². The van der Waals surface area contributed by atoms with Gasteiger partial charge in [-0.2, -0.15) is 0 Å². The Kier molecular flexibility index (Phi) is 4.35. The number of aromatic carboxylic acids is 1. The molecule has 0 bridgehead atoms. The second kappa shape index (κ2) is 6.03. The molecule has 2 rings (SSSR count). The molecule has 3 N–H and O–H groups in total. The topological polar surface area (TPSA) is 89.9 Å². The van der Waals surface area contributed by atoms with Crippen LogP contribution in [0.4, 0.5) is 10.5 Å². The number of rotatable bonds is 2.